The summed E-state index contributed by atoms with van der Waals surface area (Å²) in [5.41, 5.74) is 5.66. The molecule has 2 aromatic rings. The lowest BCUT2D eigenvalue weighted by atomic mass is 10.1. The van der Waals surface area contributed by atoms with Crippen LogP contribution in [0.5, 0.6) is 5.75 Å². The number of para-hydroxylation sites is 2. The van der Waals surface area contributed by atoms with E-state index in [0.29, 0.717) is 41.3 Å². The summed E-state index contributed by atoms with van der Waals surface area (Å²) in [6.45, 7) is 3.68. The van der Waals surface area contributed by atoms with Crippen molar-refractivity contribution in [2.24, 2.45) is 0 Å². The molecule has 0 saturated carbocycles. The molecule has 1 aliphatic rings. The molecule has 154 valence electrons. The molecule has 1 fully saturated rings. The summed E-state index contributed by atoms with van der Waals surface area (Å²) in [4.78, 5) is 37.9. The van der Waals surface area contributed by atoms with Crippen molar-refractivity contribution in [3.05, 3.63) is 30.1 Å². The number of thioether (sulfide) groups is 1. The molecule has 10 nitrogen and oxygen atoms in total. The van der Waals surface area contributed by atoms with Gasteiger partial charge < -0.3 is 21.1 Å². The molecule has 0 aliphatic carbocycles. The van der Waals surface area contributed by atoms with Crippen molar-refractivity contribution in [2.75, 3.05) is 30.5 Å². The lowest BCUT2D eigenvalue weighted by molar-refractivity contribution is -0.130. The van der Waals surface area contributed by atoms with Crippen LogP contribution in [-0.4, -0.2) is 56.7 Å². The first-order valence-electron chi connectivity index (χ1n) is 8.92. The Labute approximate surface area is 172 Å². The number of urea groups is 1. The van der Waals surface area contributed by atoms with E-state index in [-0.39, 0.29) is 17.9 Å². The van der Waals surface area contributed by atoms with Crippen molar-refractivity contribution < 1.29 is 14.3 Å². The zero-order valence-electron chi connectivity index (χ0n) is 16.4. The Morgan fingerprint density at radius 2 is 2.00 bits per heavy atom. The molecule has 11 heteroatoms. The highest BCUT2D eigenvalue weighted by molar-refractivity contribution is 7.98. The number of nitrogens with one attached hydrogen (secondary N) is 2. The highest BCUT2D eigenvalue weighted by atomic mass is 32.2. The van der Waals surface area contributed by atoms with Crippen LogP contribution in [0.4, 0.5) is 22.4 Å². The highest BCUT2D eigenvalue weighted by Gasteiger charge is 2.43. The number of benzene rings is 1. The average molecular weight is 417 g/mol. The second kappa shape index (κ2) is 8.52. The van der Waals surface area contributed by atoms with E-state index < -0.39 is 5.54 Å². The lowest BCUT2D eigenvalue weighted by Gasteiger charge is -2.15. The van der Waals surface area contributed by atoms with E-state index >= 15 is 0 Å². The van der Waals surface area contributed by atoms with Crippen molar-refractivity contribution in [1.29, 1.82) is 0 Å². The minimum Gasteiger partial charge on any atom is -0.495 e. The molecule has 0 spiro atoms. The minimum absolute atomic E-state index is 0.101. The number of anilines is 3. The number of ether oxygens (including phenoxy) is 1. The zero-order valence-corrected chi connectivity index (χ0v) is 17.2. The van der Waals surface area contributed by atoms with Crippen molar-refractivity contribution in [1.82, 2.24) is 25.2 Å². The summed E-state index contributed by atoms with van der Waals surface area (Å²) in [6, 6.07) is 7.02. The van der Waals surface area contributed by atoms with E-state index in [2.05, 4.69) is 25.6 Å². The number of methoxy groups -OCH3 is 1. The number of nitrogens with two attached hydrogens (primary N) is 1. The molecule has 0 unspecified atom stereocenters. The van der Waals surface area contributed by atoms with E-state index in [1.165, 1.54) is 16.7 Å². The fourth-order valence-electron chi connectivity index (χ4n) is 2.77. The third-order valence-electron chi connectivity index (χ3n) is 4.19. The van der Waals surface area contributed by atoms with E-state index in [9.17, 15) is 9.59 Å². The zero-order chi connectivity index (χ0) is 21.0. The van der Waals surface area contributed by atoms with Crippen LogP contribution in [0.2, 0.25) is 0 Å². The van der Waals surface area contributed by atoms with Gasteiger partial charge in [-0.25, -0.2) is 4.79 Å². The number of nitrogen functional groups attached to an aromatic ring is 1. The van der Waals surface area contributed by atoms with Crippen LogP contribution in [0.25, 0.3) is 0 Å². The van der Waals surface area contributed by atoms with Crippen LogP contribution in [0, 0.1) is 0 Å². The maximum Gasteiger partial charge on any atom is 0.325 e. The first-order valence-corrected chi connectivity index (χ1v) is 10.1. The summed E-state index contributed by atoms with van der Waals surface area (Å²) >= 11 is 1.49. The van der Waals surface area contributed by atoms with Crippen molar-refractivity contribution >= 4 is 41.3 Å². The number of aromatic nitrogens is 3. The molecule has 1 aliphatic heterocycles. The van der Waals surface area contributed by atoms with Gasteiger partial charge in [0.05, 0.1) is 18.6 Å². The van der Waals surface area contributed by atoms with Gasteiger partial charge >= 0.3 is 6.03 Å². The normalized spacial score (nSPS) is 15.3. The molecule has 0 atom stereocenters. The number of imide groups is 1. The predicted octanol–water partition coefficient (Wildman–Crippen LogP) is 1.77. The monoisotopic (exact) mass is 417 g/mol. The molecule has 0 radical (unpaired) electrons. The van der Waals surface area contributed by atoms with Crippen LogP contribution in [0.15, 0.2) is 24.3 Å². The summed E-state index contributed by atoms with van der Waals surface area (Å²) in [6.07, 6.45) is 0. The van der Waals surface area contributed by atoms with Crippen LogP contribution in [0.1, 0.15) is 19.7 Å². The maximum atomic E-state index is 12.2. The standard InChI is InChI=1S/C18H23N7O3S/c1-18(2)14(26)25(17(27)24-18)8-9-29-10-13-21-15(19)23-16(22-13)20-11-6-4-5-7-12(11)28-3/h4-7H,8-10H2,1-3H3,(H,24,27)(H3,19,20,21,22,23). The first-order chi connectivity index (χ1) is 13.8. The van der Waals surface area contributed by atoms with Gasteiger partial charge in [-0.15, -0.1) is 0 Å². The highest BCUT2D eigenvalue weighted by Crippen LogP contribution is 2.26. The fraction of sp³-hybridized carbons (Fsp3) is 0.389. The predicted molar refractivity (Wildman–Crippen MR) is 111 cm³/mol. The van der Waals surface area contributed by atoms with Crippen LogP contribution in [0.3, 0.4) is 0 Å². The summed E-state index contributed by atoms with van der Waals surface area (Å²) in [7, 11) is 1.58. The van der Waals surface area contributed by atoms with E-state index in [4.69, 9.17) is 10.5 Å². The molecule has 2 heterocycles. The molecule has 1 aromatic carbocycles. The Morgan fingerprint density at radius 3 is 2.69 bits per heavy atom. The number of hydrogen-bond acceptors (Lipinski definition) is 9. The van der Waals surface area contributed by atoms with E-state index in [1.807, 2.05) is 24.3 Å². The number of nitrogens with zero attached hydrogens (tertiary/aromatic N) is 4. The van der Waals surface area contributed by atoms with Crippen molar-refractivity contribution in [3.63, 3.8) is 0 Å². The Morgan fingerprint density at radius 1 is 1.24 bits per heavy atom. The molecular weight excluding hydrogens is 394 g/mol. The summed E-state index contributed by atoms with van der Waals surface area (Å²) in [5, 5.41) is 5.74. The average Bonchev–Trinajstić information content (AvgIpc) is 2.86. The molecule has 3 amide bonds. The van der Waals surface area contributed by atoms with Gasteiger partial charge in [0.15, 0.2) is 0 Å². The molecule has 29 heavy (non-hydrogen) atoms. The molecule has 3 rings (SSSR count). The first kappa shape index (κ1) is 20.6. The Hall–Kier alpha value is -3.08. The van der Waals surface area contributed by atoms with Crippen molar-refractivity contribution in [3.8, 4) is 5.75 Å². The summed E-state index contributed by atoms with van der Waals surface area (Å²) < 4.78 is 5.30. The minimum atomic E-state index is -0.858. The van der Waals surface area contributed by atoms with E-state index in [0.717, 1.165) is 0 Å². The van der Waals surface area contributed by atoms with Crippen molar-refractivity contribution in [2.45, 2.75) is 25.1 Å². The van der Waals surface area contributed by atoms with Crippen LogP contribution < -0.4 is 21.1 Å². The van der Waals surface area contributed by atoms with Gasteiger partial charge in [-0.05, 0) is 26.0 Å². The SMILES string of the molecule is COc1ccccc1Nc1nc(N)nc(CSCCN2C(=O)NC(C)(C)C2=O)n1. The topological polar surface area (TPSA) is 135 Å². The number of amides is 3. The van der Waals surface area contributed by atoms with Gasteiger partial charge in [-0.1, -0.05) is 12.1 Å². The molecular formula is C18H23N7O3S. The summed E-state index contributed by atoms with van der Waals surface area (Å²) in [5.74, 6) is 2.35. The molecule has 4 N–H and O–H groups in total. The van der Waals surface area contributed by atoms with Gasteiger partial charge in [0, 0.05) is 12.3 Å². The molecule has 1 saturated heterocycles. The quantitative estimate of drug-likeness (QED) is 0.434. The number of carbonyl (C=O) groups is 2. The third kappa shape index (κ3) is 4.86. The second-order valence-corrected chi connectivity index (χ2v) is 7.93. The Balaban J connectivity index is 1.58. The van der Waals surface area contributed by atoms with Gasteiger partial charge in [-0.2, -0.15) is 26.7 Å². The number of carbonyl (C=O) groups excluding carboxylic acids is 2. The third-order valence-corrected chi connectivity index (χ3v) is 5.12. The Kier molecular flexibility index (Phi) is 6.06. The largest absolute Gasteiger partial charge is 0.495 e. The molecule has 1 aromatic heterocycles. The smallest absolute Gasteiger partial charge is 0.325 e. The second-order valence-electron chi connectivity index (χ2n) is 6.82. The lowest BCUT2D eigenvalue weighted by Crippen LogP contribution is -2.40. The fourth-order valence-corrected chi connectivity index (χ4v) is 3.53. The number of hydrogen-bond donors (Lipinski definition) is 3. The Bertz CT molecular complexity index is 922. The maximum absolute atomic E-state index is 12.2. The van der Waals surface area contributed by atoms with Crippen LogP contribution in [-0.2, 0) is 10.5 Å². The van der Waals surface area contributed by atoms with Gasteiger partial charge in [0.2, 0.25) is 11.9 Å². The number of rotatable bonds is 8. The van der Waals surface area contributed by atoms with Crippen LogP contribution >= 0.6 is 11.8 Å². The van der Waals surface area contributed by atoms with E-state index in [1.54, 1.807) is 21.0 Å². The van der Waals surface area contributed by atoms with Gasteiger partial charge in [0.25, 0.3) is 5.91 Å². The van der Waals surface area contributed by atoms with Gasteiger partial charge in [0.1, 0.15) is 17.1 Å². The molecule has 0 bridgehead atoms. The van der Waals surface area contributed by atoms with Gasteiger partial charge in [-0.3, -0.25) is 9.69 Å².